The molecule has 1 heterocycles. The second kappa shape index (κ2) is 15.0. The summed E-state index contributed by atoms with van der Waals surface area (Å²) < 4.78 is 2.63. The summed E-state index contributed by atoms with van der Waals surface area (Å²) >= 11 is 1.87. The summed E-state index contributed by atoms with van der Waals surface area (Å²) in [5, 5.41) is 2.61. The Hall–Kier alpha value is -8.56. The molecule has 1 aromatic heterocycles. The number of nitrogens with zero attached hydrogens (tertiary/aromatic N) is 1. The molecule has 0 amide bonds. The van der Waals surface area contributed by atoms with Gasteiger partial charge in [0.1, 0.15) is 0 Å². The molecule has 1 nitrogen and oxygen atoms in total. The Kier molecular flexibility index (Phi) is 8.43. The van der Waals surface area contributed by atoms with Crippen LogP contribution in [-0.4, -0.2) is 0 Å². The molecule has 12 aromatic rings. The van der Waals surface area contributed by atoms with Gasteiger partial charge in [0, 0.05) is 37.1 Å². The third-order valence-corrected chi connectivity index (χ3v) is 16.9. The molecule has 2 heteroatoms. The van der Waals surface area contributed by atoms with Gasteiger partial charge in [-0.05, 0) is 132 Å². The molecule has 3 aliphatic carbocycles. The van der Waals surface area contributed by atoms with Crippen molar-refractivity contribution in [3.63, 3.8) is 0 Å². The van der Waals surface area contributed by atoms with Gasteiger partial charge in [-0.3, -0.25) is 0 Å². The van der Waals surface area contributed by atoms with E-state index in [0.717, 1.165) is 17.1 Å². The van der Waals surface area contributed by atoms with Crippen molar-refractivity contribution in [3.8, 4) is 44.5 Å². The highest BCUT2D eigenvalue weighted by Crippen LogP contribution is 2.65. The Morgan fingerprint density at radius 1 is 0.286 bits per heavy atom. The minimum atomic E-state index is -0.495. The highest BCUT2D eigenvalue weighted by molar-refractivity contribution is 7.25. The van der Waals surface area contributed by atoms with E-state index in [0.29, 0.717) is 0 Å². The SMILES string of the molecule is c1ccc(C2(c3ccc(N(c4cccc(-c5ccc6sc7ccccc7c6c5)c4)c4cccc5c4-c4ccccc4C54c5ccccc5-c5ccccc54)cc3)c3ccccc3-c3ccccc32)cc1. The molecule has 11 aromatic carbocycles. The molecule has 0 N–H and O–H groups in total. The van der Waals surface area contributed by atoms with Crippen molar-refractivity contribution in [1.29, 1.82) is 0 Å². The van der Waals surface area contributed by atoms with Gasteiger partial charge in [-0.15, -0.1) is 11.3 Å². The van der Waals surface area contributed by atoms with Gasteiger partial charge in [0.15, 0.2) is 0 Å². The van der Waals surface area contributed by atoms with E-state index in [-0.39, 0.29) is 0 Å². The van der Waals surface area contributed by atoms with E-state index in [9.17, 15) is 0 Å². The fourth-order valence-corrected chi connectivity index (χ4v) is 14.1. The van der Waals surface area contributed by atoms with Crippen LogP contribution in [0.3, 0.4) is 0 Å². The predicted octanol–water partition coefficient (Wildman–Crippen LogP) is 17.9. The number of hydrogen-bond acceptors (Lipinski definition) is 2. The van der Waals surface area contributed by atoms with Gasteiger partial charge >= 0.3 is 0 Å². The lowest BCUT2D eigenvalue weighted by Gasteiger charge is -2.35. The summed E-state index contributed by atoms with van der Waals surface area (Å²) in [6, 6.07) is 98.0. The molecule has 0 saturated carbocycles. The fraction of sp³-hybridized carbons (Fsp3) is 0.0294. The summed E-state index contributed by atoms with van der Waals surface area (Å²) in [6.07, 6.45) is 0. The zero-order valence-electron chi connectivity index (χ0n) is 38.2. The predicted molar refractivity (Wildman–Crippen MR) is 293 cm³/mol. The first-order valence-electron chi connectivity index (χ1n) is 24.3. The van der Waals surface area contributed by atoms with Crippen molar-refractivity contribution in [1.82, 2.24) is 0 Å². The zero-order chi connectivity index (χ0) is 46.0. The highest BCUT2D eigenvalue weighted by atomic mass is 32.1. The normalized spacial score (nSPS) is 13.9. The molecule has 70 heavy (non-hydrogen) atoms. The lowest BCUT2D eigenvalue weighted by molar-refractivity contribution is 0.768. The molecule has 326 valence electrons. The summed E-state index contributed by atoms with van der Waals surface area (Å²) in [5.41, 5.74) is 23.0. The lowest BCUT2D eigenvalue weighted by atomic mass is 9.67. The Morgan fingerprint density at radius 2 is 0.771 bits per heavy atom. The van der Waals surface area contributed by atoms with Crippen LogP contribution in [0.1, 0.15) is 44.5 Å². The van der Waals surface area contributed by atoms with Crippen LogP contribution in [0.15, 0.2) is 261 Å². The molecule has 0 saturated heterocycles. The van der Waals surface area contributed by atoms with Gasteiger partial charge < -0.3 is 4.90 Å². The largest absolute Gasteiger partial charge is 0.310 e. The number of rotatable bonds is 6. The number of anilines is 3. The van der Waals surface area contributed by atoms with E-state index >= 15 is 0 Å². The first-order valence-corrected chi connectivity index (χ1v) is 25.1. The summed E-state index contributed by atoms with van der Waals surface area (Å²) in [5.74, 6) is 0. The van der Waals surface area contributed by atoms with Crippen molar-refractivity contribution in [2.24, 2.45) is 0 Å². The Morgan fingerprint density at radius 3 is 1.43 bits per heavy atom. The van der Waals surface area contributed by atoms with E-state index < -0.39 is 10.8 Å². The quantitative estimate of drug-likeness (QED) is 0.161. The van der Waals surface area contributed by atoms with E-state index in [1.54, 1.807) is 0 Å². The molecule has 1 spiro atoms. The van der Waals surface area contributed by atoms with Crippen LogP contribution in [0.5, 0.6) is 0 Å². The molecular weight excluding hydrogens is 863 g/mol. The minimum absolute atomic E-state index is 0.462. The first kappa shape index (κ1) is 39.4. The first-order chi connectivity index (χ1) is 34.7. The second-order valence-corrected chi connectivity index (χ2v) is 20.1. The second-order valence-electron chi connectivity index (χ2n) is 19.0. The third-order valence-electron chi connectivity index (χ3n) is 15.8. The van der Waals surface area contributed by atoms with Crippen molar-refractivity contribution >= 4 is 48.6 Å². The topological polar surface area (TPSA) is 3.24 Å². The maximum Gasteiger partial charge on any atom is 0.0726 e. The molecule has 0 bridgehead atoms. The number of hydrogen-bond donors (Lipinski definition) is 0. The standard InChI is InChI=1S/C68H43NS/c1-2-19-46(20-3-1)67(57-28-10-4-22-50(57)51-23-5-11-29-58(51)67)47-37-39-48(40-38-47)69(49-21-16-18-44(42-49)45-36-41-65-56(43-45)54-26-9-15-35-64(54)70-65)63-34-17-33-62-66(63)55-27-8-14-32-61(55)68(62)59-30-12-6-24-52(59)53-25-7-13-31-60(53)68/h1-43H. The van der Waals surface area contributed by atoms with E-state index in [4.69, 9.17) is 0 Å². The van der Waals surface area contributed by atoms with Crippen LogP contribution < -0.4 is 4.90 Å². The lowest BCUT2D eigenvalue weighted by Crippen LogP contribution is -2.28. The Bertz CT molecular complexity index is 3990. The molecule has 0 unspecified atom stereocenters. The van der Waals surface area contributed by atoms with Gasteiger partial charge in [0.2, 0.25) is 0 Å². The zero-order valence-corrected chi connectivity index (χ0v) is 39.0. The van der Waals surface area contributed by atoms with E-state index in [2.05, 4.69) is 266 Å². The summed E-state index contributed by atoms with van der Waals surface area (Å²) in [7, 11) is 0. The van der Waals surface area contributed by atoms with Gasteiger partial charge in [-0.25, -0.2) is 0 Å². The fourth-order valence-electron chi connectivity index (χ4n) is 13.0. The maximum absolute atomic E-state index is 2.53. The highest BCUT2D eigenvalue weighted by Gasteiger charge is 2.52. The molecule has 3 aliphatic rings. The van der Waals surface area contributed by atoms with Crippen LogP contribution >= 0.6 is 11.3 Å². The minimum Gasteiger partial charge on any atom is -0.310 e. The van der Waals surface area contributed by atoms with Gasteiger partial charge in [0.25, 0.3) is 0 Å². The summed E-state index contributed by atoms with van der Waals surface area (Å²) in [4.78, 5) is 2.53. The van der Waals surface area contributed by atoms with Crippen molar-refractivity contribution < 1.29 is 0 Å². The molecule has 0 fully saturated rings. The number of benzene rings is 11. The van der Waals surface area contributed by atoms with Crippen LogP contribution in [0, 0.1) is 0 Å². The van der Waals surface area contributed by atoms with Crippen LogP contribution in [0.2, 0.25) is 0 Å². The van der Waals surface area contributed by atoms with Crippen LogP contribution in [0.25, 0.3) is 64.7 Å². The van der Waals surface area contributed by atoms with E-state index in [1.807, 2.05) is 11.3 Å². The third kappa shape index (κ3) is 5.26. The average Bonchev–Trinajstić information content (AvgIpc) is 4.15. The number of fused-ring (bicyclic) bond motifs is 16. The smallest absolute Gasteiger partial charge is 0.0726 e. The van der Waals surface area contributed by atoms with Crippen molar-refractivity contribution in [2.45, 2.75) is 10.8 Å². The molecule has 0 atom stereocenters. The molecular formula is C68H43NS. The monoisotopic (exact) mass is 905 g/mol. The van der Waals surface area contributed by atoms with Gasteiger partial charge in [-0.1, -0.05) is 212 Å². The van der Waals surface area contributed by atoms with Crippen LogP contribution in [0.4, 0.5) is 17.1 Å². The molecule has 0 radical (unpaired) electrons. The number of thiophene rings is 1. The Balaban J connectivity index is 0.973. The Labute approximate surface area is 411 Å². The van der Waals surface area contributed by atoms with Gasteiger partial charge in [0.05, 0.1) is 16.5 Å². The molecule has 15 rings (SSSR count). The maximum atomic E-state index is 2.53. The van der Waals surface area contributed by atoms with Crippen molar-refractivity contribution in [2.75, 3.05) is 4.90 Å². The van der Waals surface area contributed by atoms with E-state index in [1.165, 1.54) is 109 Å². The van der Waals surface area contributed by atoms with Crippen LogP contribution in [-0.2, 0) is 10.8 Å². The van der Waals surface area contributed by atoms with Gasteiger partial charge in [-0.2, -0.15) is 0 Å². The average molecular weight is 906 g/mol. The summed E-state index contributed by atoms with van der Waals surface area (Å²) in [6.45, 7) is 0. The molecule has 0 aliphatic heterocycles. The van der Waals surface area contributed by atoms with Crippen molar-refractivity contribution in [3.05, 3.63) is 305 Å².